The summed E-state index contributed by atoms with van der Waals surface area (Å²) in [4.78, 5) is 0. The molecule has 0 aliphatic carbocycles. The minimum absolute atomic E-state index is 0. The van der Waals surface area contributed by atoms with Crippen molar-refractivity contribution in [2.24, 2.45) is 0 Å². The number of benzene rings is 2. The molecule has 2 rings (SSSR count). The van der Waals surface area contributed by atoms with E-state index in [4.69, 9.17) is 0 Å². The van der Waals surface area contributed by atoms with Crippen molar-refractivity contribution in [1.29, 1.82) is 0 Å². The summed E-state index contributed by atoms with van der Waals surface area (Å²) in [6.45, 7) is 0. The van der Waals surface area contributed by atoms with E-state index >= 15 is 0 Å². The van der Waals surface area contributed by atoms with E-state index in [2.05, 4.69) is 0 Å². The molecule has 0 aromatic heterocycles. The Bertz CT molecular complexity index is 768. The van der Waals surface area contributed by atoms with Gasteiger partial charge in [0.1, 0.15) is 0 Å². The first kappa shape index (κ1) is 23.7. The summed E-state index contributed by atoms with van der Waals surface area (Å²) < 4.78 is 67.2. The van der Waals surface area contributed by atoms with Gasteiger partial charge < -0.3 is 0 Å². The molecule has 0 spiro atoms. The molecule has 0 unspecified atom stereocenters. The Kier molecular flexibility index (Phi) is 9.14. The zero-order chi connectivity index (χ0) is 15.7. The molecule has 23 heavy (non-hydrogen) atoms. The molecule has 0 amide bonds. The number of hydrogen-bond donors (Lipinski definition) is 2. The third-order valence-corrected chi connectivity index (χ3v) is 17.7. The van der Waals surface area contributed by atoms with E-state index < -0.39 is 25.1 Å². The predicted molar refractivity (Wildman–Crippen MR) is 97.9 cm³/mol. The van der Waals surface area contributed by atoms with Gasteiger partial charge >= 0.3 is 181 Å². The third-order valence-electron chi connectivity index (χ3n) is 3.03. The summed E-state index contributed by atoms with van der Waals surface area (Å²) in [5, 5.41) is -0.276. The molecule has 6 nitrogen and oxygen atoms in total. The molecule has 0 heterocycles. The van der Waals surface area contributed by atoms with Gasteiger partial charge in [0.15, 0.2) is 0 Å². The van der Waals surface area contributed by atoms with Crippen LogP contribution in [0.4, 0.5) is 0 Å². The van der Waals surface area contributed by atoms with E-state index in [1.165, 1.54) is 48.5 Å². The minimum atomic E-state index is -5.09. The van der Waals surface area contributed by atoms with Crippen molar-refractivity contribution >= 4 is 94.9 Å². The molecule has 0 aliphatic rings. The molecule has 11 heteroatoms. The topological polar surface area (TPSA) is 109 Å². The van der Waals surface area contributed by atoms with Crippen LogP contribution in [-0.4, -0.2) is 85.1 Å². The standard InChI is InChI=1S/C12H13O6PS2.2Na.2H/c13-20(14,15)19(21(16,17)18,11-7-3-1-4-8-11)12-9-5-2-6-10-12;;;;/h1-10,19H,(H,13,14,15)(H,16,17,18);;;;. The van der Waals surface area contributed by atoms with E-state index in [-0.39, 0.29) is 69.7 Å². The quantitative estimate of drug-likeness (QED) is 0.417. The average molecular weight is 396 g/mol. The van der Waals surface area contributed by atoms with E-state index in [0.717, 1.165) is 0 Å². The summed E-state index contributed by atoms with van der Waals surface area (Å²) in [5.74, 6) is 0. The van der Waals surface area contributed by atoms with Crippen LogP contribution < -0.4 is 10.6 Å². The Balaban J connectivity index is 0.00000242. The Morgan fingerprint density at radius 3 is 1.09 bits per heavy atom. The van der Waals surface area contributed by atoms with Gasteiger partial charge in [0.05, 0.1) is 0 Å². The summed E-state index contributed by atoms with van der Waals surface area (Å²) in [5.41, 5.74) is -4.90. The van der Waals surface area contributed by atoms with Crippen LogP contribution in [0, 0.1) is 0 Å². The Morgan fingerprint density at radius 2 is 0.870 bits per heavy atom. The van der Waals surface area contributed by atoms with Crippen molar-refractivity contribution < 1.29 is 25.9 Å². The van der Waals surface area contributed by atoms with Crippen molar-refractivity contribution in [2.75, 3.05) is 0 Å². The van der Waals surface area contributed by atoms with E-state index in [9.17, 15) is 25.9 Å². The normalized spacial score (nSPS) is 12.6. The van der Waals surface area contributed by atoms with Gasteiger partial charge in [-0.25, -0.2) is 0 Å². The van der Waals surface area contributed by atoms with Crippen molar-refractivity contribution in [1.82, 2.24) is 0 Å². The van der Waals surface area contributed by atoms with Gasteiger partial charge in [0.2, 0.25) is 0 Å². The fourth-order valence-electron chi connectivity index (χ4n) is 2.21. The van der Waals surface area contributed by atoms with Crippen LogP contribution in [0.15, 0.2) is 60.7 Å². The molecule has 0 saturated heterocycles. The molecule has 0 aliphatic heterocycles. The second kappa shape index (κ2) is 8.87. The zero-order valence-corrected chi connectivity index (χ0v) is 13.3. The van der Waals surface area contributed by atoms with E-state index in [0.29, 0.717) is 0 Å². The maximum absolute atomic E-state index is 12.0. The summed E-state index contributed by atoms with van der Waals surface area (Å²) in [6.07, 6.45) is 0. The summed E-state index contributed by atoms with van der Waals surface area (Å²) in [7, 11) is -10.2. The van der Waals surface area contributed by atoms with Crippen LogP contribution in [0.25, 0.3) is 0 Å². The van der Waals surface area contributed by atoms with Crippen LogP contribution >= 0.6 is 5.67 Å². The zero-order valence-electron chi connectivity index (χ0n) is 10.6. The summed E-state index contributed by atoms with van der Waals surface area (Å²) in [6, 6.07) is 14.0. The Morgan fingerprint density at radius 1 is 0.609 bits per heavy atom. The van der Waals surface area contributed by atoms with Crippen molar-refractivity contribution in [2.45, 2.75) is 0 Å². The first-order chi connectivity index (χ1) is 9.71. The fraction of sp³-hybridized carbons (Fsp3) is 0. The van der Waals surface area contributed by atoms with Crippen LogP contribution in [0.2, 0.25) is 0 Å². The van der Waals surface area contributed by atoms with Crippen LogP contribution in [0.5, 0.6) is 0 Å². The molecule has 118 valence electrons. The third kappa shape index (κ3) is 4.46. The molecule has 0 fully saturated rings. The number of rotatable bonds is 4. The van der Waals surface area contributed by atoms with E-state index in [1.54, 1.807) is 12.1 Å². The Hall–Kier alpha value is 0.690. The summed E-state index contributed by atoms with van der Waals surface area (Å²) >= 11 is 0. The number of hydrogen-bond acceptors (Lipinski definition) is 4. The van der Waals surface area contributed by atoms with Gasteiger partial charge in [-0.2, -0.15) is 0 Å². The molecular weight excluding hydrogens is 381 g/mol. The van der Waals surface area contributed by atoms with Crippen LogP contribution in [-0.2, 0) is 19.5 Å². The van der Waals surface area contributed by atoms with Crippen molar-refractivity contribution in [3.05, 3.63) is 60.7 Å². The predicted octanol–water partition coefficient (Wildman–Crippen LogP) is -0.304. The van der Waals surface area contributed by atoms with Gasteiger partial charge in [-0.3, -0.25) is 0 Å². The molecular formula is C12H15Na2O6PS2. The van der Waals surface area contributed by atoms with E-state index in [1.807, 2.05) is 0 Å². The maximum atomic E-state index is 12.0. The van der Waals surface area contributed by atoms with Gasteiger partial charge in [-0.1, -0.05) is 0 Å². The molecule has 0 atom stereocenters. The first-order valence-corrected chi connectivity index (χ1v) is 12.1. The Labute approximate surface area is 179 Å². The molecule has 2 aromatic rings. The van der Waals surface area contributed by atoms with Gasteiger partial charge in [0, 0.05) is 0 Å². The van der Waals surface area contributed by atoms with Crippen LogP contribution in [0.1, 0.15) is 0 Å². The average Bonchev–Trinajstić information content (AvgIpc) is 2.38. The fourth-order valence-corrected chi connectivity index (χ4v) is 13.7. The molecule has 2 aromatic carbocycles. The second-order valence-corrected chi connectivity index (χ2v) is 16.1. The molecule has 0 radical (unpaired) electrons. The molecule has 0 saturated carbocycles. The SMILES string of the molecule is O=S(=O)(O)[PH](c1ccccc1)(c1ccccc1)S(=O)(=O)O.[NaH].[NaH]. The molecule has 0 bridgehead atoms. The van der Waals surface area contributed by atoms with Gasteiger partial charge in [-0.15, -0.1) is 0 Å². The van der Waals surface area contributed by atoms with Gasteiger partial charge in [-0.05, 0) is 0 Å². The van der Waals surface area contributed by atoms with Crippen molar-refractivity contribution in [3.63, 3.8) is 0 Å². The second-order valence-electron chi connectivity index (χ2n) is 4.30. The first-order valence-electron chi connectivity index (χ1n) is 5.76. The molecule has 2 N–H and O–H groups in total. The van der Waals surface area contributed by atoms with Crippen LogP contribution in [0.3, 0.4) is 0 Å². The van der Waals surface area contributed by atoms with Crippen molar-refractivity contribution in [3.8, 4) is 0 Å². The monoisotopic (exact) mass is 396 g/mol. The van der Waals surface area contributed by atoms with Gasteiger partial charge in [0.25, 0.3) is 0 Å².